The molecule has 0 amide bonds. The van der Waals surface area contributed by atoms with Crippen LogP contribution in [-0.2, 0) is 0 Å². The van der Waals surface area contributed by atoms with Gasteiger partial charge in [0, 0.05) is 0 Å². The monoisotopic (exact) mass is 415 g/mol. The predicted molar refractivity (Wildman–Crippen MR) is 97.5 cm³/mol. The van der Waals surface area contributed by atoms with Crippen molar-refractivity contribution in [2.45, 2.75) is 72.6 Å². The number of ether oxygens (including phenoxy) is 1. The Morgan fingerprint density at radius 1 is 1.00 bits per heavy atom. The summed E-state index contributed by atoms with van der Waals surface area (Å²) in [6.45, 7) is 6.85. The number of unbranched alkanes of at least 4 members (excludes halogenated alkanes) is 3. The van der Waals surface area contributed by atoms with Crippen molar-refractivity contribution in [2.24, 2.45) is 0 Å². The van der Waals surface area contributed by atoms with Crippen LogP contribution in [0.2, 0.25) is 13.3 Å². The van der Waals surface area contributed by atoms with Gasteiger partial charge in [-0.25, -0.2) is 0 Å². The summed E-state index contributed by atoms with van der Waals surface area (Å²) in [6.07, 6.45) is 9.70. The topological polar surface area (TPSA) is 61.0 Å². The molecule has 0 aromatic carbocycles. The van der Waals surface area contributed by atoms with Gasteiger partial charge in [0.2, 0.25) is 0 Å². The van der Waals surface area contributed by atoms with Gasteiger partial charge in [0.05, 0.1) is 0 Å². The number of methoxy groups -OCH3 is 1. The number of aromatic nitrogens is 2. The Balaban J connectivity index is 3.18. The van der Waals surface area contributed by atoms with Gasteiger partial charge in [-0.2, -0.15) is 0 Å². The van der Waals surface area contributed by atoms with Crippen LogP contribution in [0.25, 0.3) is 0 Å². The van der Waals surface area contributed by atoms with E-state index in [0.717, 1.165) is 0 Å². The molecule has 0 spiro atoms. The Labute approximate surface area is 140 Å². The molecule has 1 heterocycles. The average Bonchev–Trinajstić information content (AvgIpc) is 2.55. The number of anilines is 1. The standard InChI is InChI=1S/C5H6N3O.3C4H9.Sn/c1-9-5-4(6)7-2-3-8-5;3*1-3-4-2;/h2H,1H3,(H2,6,7);3*1,3-4H2,2H3;. The first kappa shape index (κ1) is 19.5. The summed E-state index contributed by atoms with van der Waals surface area (Å²) < 4.78 is 10.7. The molecular formula is C17H33N3OSn. The van der Waals surface area contributed by atoms with Gasteiger partial charge in [-0.3, -0.25) is 0 Å². The van der Waals surface area contributed by atoms with Crippen molar-refractivity contribution in [2.75, 3.05) is 12.8 Å². The summed E-state index contributed by atoms with van der Waals surface area (Å²) in [4.78, 5) is 9.19. The Kier molecular flexibility index (Phi) is 9.13. The number of rotatable bonds is 11. The van der Waals surface area contributed by atoms with E-state index in [1.54, 1.807) is 7.11 Å². The second-order valence-electron chi connectivity index (χ2n) is 6.24. The van der Waals surface area contributed by atoms with Gasteiger partial charge in [-0.15, -0.1) is 0 Å². The minimum absolute atomic E-state index is 0.410. The normalized spacial score (nSPS) is 11.6. The van der Waals surface area contributed by atoms with Gasteiger partial charge in [0.15, 0.2) is 0 Å². The maximum absolute atomic E-state index is 5.87. The van der Waals surface area contributed by atoms with Crippen LogP contribution in [0.1, 0.15) is 59.3 Å². The van der Waals surface area contributed by atoms with Crippen molar-refractivity contribution >= 4 is 27.9 Å². The van der Waals surface area contributed by atoms with Crippen LogP contribution in [0, 0.1) is 0 Å². The van der Waals surface area contributed by atoms with E-state index in [9.17, 15) is 0 Å². The first-order valence-electron chi connectivity index (χ1n) is 8.80. The molecule has 2 N–H and O–H groups in total. The Morgan fingerprint density at radius 2 is 1.50 bits per heavy atom. The van der Waals surface area contributed by atoms with Crippen molar-refractivity contribution in [3.05, 3.63) is 6.20 Å². The molecule has 4 nitrogen and oxygen atoms in total. The van der Waals surface area contributed by atoms with E-state index in [1.165, 1.54) is 55.5 Å². The van der Waals surface area contributed by atoms with Gasteiger partial charge in [0.1, 0.15) is 0 Å². The Bertz CT molecular complexity index is 418. The number of nitrogens with two attached hydrogens (primary N) is 1. The van der Waals surface area contributed by atoms with E-state index in [0.29, 0.717) is 11.7 Å². The van der Waals surface area contributed by atoms with E-state index in [4.69, 9.17) is 15.5 Å². The second-order valence-corrected chi connectivity index (χ2v) is 19.3. The van der Waals surface area contributed by atoms with Gasteiger partial charge < -0.3 is 0 Å². The Morgan fingerprint density at radius 3 is 1.91 bits per heavy atom. The van der Waals surface area contributed by atoms with Crippen LogP contribution in [0.4, 0.5) is 5.82 Å². The third-order valence-corrected chi connectivity index (χ3v) is 19.5. The molecule has 0 aliphatic heterocycles. The summed E-state index contributed by atoms with van der Waals surface area (Å²) in [7, 11) is 1.63. The number of nitrogen functional groups attached to an aromatic ring is 1. The van der Waals surface area contributed by atoms with Crippen LogP contribution >= 0.6 is 0 Å². The van der Waals surface area contributed by atoms with E-state index < -0.39 is 18.4 Å². The number of nitrogens with zero attached hydrogens (tertiary/aromatic N) is 2. The van der Waals surface area contributed by atoms with E-state index in [1.807, 2.05) is 6.20 Å². The molecule has 0 fully saturated rings. The molecule has 1 aromatic heterocycles. The maximum atomic E-state index is 5.87. The van der Waals surface area contributed by atoms with Crippen LogP contribution in [0.5, 0.6) is 5.88 Å². The molecule has 0 unspecified atom stereocenters. The van der Waals surface area contributed by atoms with Crippen molar-refractivity contribution in [3.63, 3.8) is 0 Å². The van der Waals surface area contributed by atoms with Gasteiger partial charge in [0.25, 0.3) is 0 Å². The van der Waals surface area contributed by atoms with Crippen molar-refractivity contribution in [1.29, 1.82) is 0 Å². The van der Waals surface area contributed by atoms with Crippen LogP contribution in [0.3, 0.4) is 0 Å². The fourth-order valence-corrected chi connectivity index (χ4v) is 18.2. The molecule has 1 aromatic rings. The zero-order valence-electron chi connectivity index (χ0n) is 14.8. The SMILES string of the molecule is CCC[CH2][Sn]([CH2]CCC)([CH2]CCC)[c]1cnc(N)c(OC)n1. The van der Waals surface area contributed by atoms with Crippen LogP contribution in [0.15, 0.2) is 6.20 Å². The first-order chi connectivity index (χ1) is 10.6. The molecule has 0 saturated carbocycles. The molecule has 0 aliphatic rings. The van der Waals surface area contributed by atoms with Gasteiger partial charge in [-0.05, 0) is 0 Å². The quantitative estimate of drug-likeness (QED) is 0.554. The molecule has 5 heteroatoms. The fraction of sp³-hybridized carbons (Fsp3) is 0.765. The molecule has 1 rings (SSSR count). The first-order valence-corrected chi connectivity index (χ1v) is 16.3. The molecular weight excluding hydrogens is 381 g/mol. The third kappa shape index (κ3) is 5.28. The molecule has 0 radical (unpaired) electrons. The number of hydrogen-bond donors (Lipinski definition) is 1. The molecule has 22 heavy (non-hydrogen) atoms. The Hall–Kier alpha value is -0.521. The van der Waals surface area contributed by atoms with Crippen molar-refractivity contribution in [1.82, 2.24) is 9.97 Å². The van der Waals surface area contributed by atoms with Crippen LogP contribution in [-0.4, -0.2) is 35.5 Å². The minimum atomic E-state index is -2.50. The van der Waals surface area contributed by atoms with E-state index in [2.05, 4.69) is 25.8 Å². The van der Waals surface area contributed by atoms with Gasteiger partial charge >= 0.3 is 140 Å². The zero-order valence-corrected chi connectivity index (χ0v) is 17.7. The van der Waals surface area contributed by atoms with Crippen LogP contribution < -0.4 is 14.2 Å². The molecule has 0 saturated heterocycles. The zero-order chi connectivity index (χ0) is 16.4. The molecule has 0 bridgehead atoms. The second kappa shape index (κ2) is 10.3. The summed E-state index contributed by atoms with van der Waals surface area (Å²) >= 11 is -2.50. The third-order valence-electron chi connectivity index (χ3n) is 4.53. The summed E-state index contributed by atoms with van der Waals surface area (Å²) in [5, 5.41) is 0. The predicted octanol–water partition coefficient (Wildman–Crippen LogP) is 4.12. The molecule has 126 valence electrons. The summed E-state index contributed by atoms with van der Waals surface area (Å²) in [5.74, 6) is 0.927. The average molecular weight is 414 g/mol. The van der Waals surface area contributed by atoms with E-state index >= 15 is 0 Å². The fourth-order valence-electron chi connectivity index (χ4n) is 3.09. The van der Waals surface area contributed by atoms with Crippen molar-refractivity contribution < 1.29 is 4.74 Å². The summed E-state index contributed by atoms with van der Waals surface area (Å²) in [6, 6.07) is 0. The van der Waals surface area contributed by atoms with Gasteiger partial charge in [-0.1, -0.05) is 0 Å². The van der Waals surface area contributed by atoms with E-state index in [-0.39, 0.29) is 0 Å². The molecule has 0 atom stereocenters. The van der Waals surface area contributed by atoms with Crippen molar-refractivity contribution in [3.8, 4) is 5.88 Å². The molecule has 0 aliphatic carbocycles. The number of hydrogen-bond acceptors (Lipinski definition) is 4. The summed E-state index contributed by atoms with van der Waals surface area (Å²) in [5.41, 5.74) is 5.87.